The molecule has 0 aromatic carbocycles. The summed E-state index contributed by atoms with van der Waals surface area (Å²) >= 11 is 2.05. The second-order valence-corrected chi connectivity index (χ2v) is 7.26. The van der Waals surface area contributed by atoms with Crippen molar-refractivity contribution in [1.82, 2.24) is 10.2 Å². The highest BCUT2D eigenvalue weighted by molar-refractivity contribution is 7.99. The third kappa shape index (κ3) is 4.27. The first kappa shape index (κ1) is 14.3. The lowest BCUT2D eigenvalue weighted by atomic mass is 9.85. The first-order valence-corrected chi connectivity index (χ1v) is 7.65. The molecule has 2 unspecified atom stereocenters. The van der Waals surface area contributed by atoms with E-state index in [9.17, 15) is 0 Å². The van der Waals surface area contributed by atoms with Crippen LogP contribution in [0.2, 0.25) is 0 Å². The predicted octanol–water partition coefficient (Wildman–Crippen LogP) is 2.45. The van der Waals surface area contributed by atoms with Crippen LogP contribution < -0.4 is 5.32 Å². The summed E-state index contributed by atoms with van der Waals surface area (Å²) in [6.07, 6.45) is 0. The van der Waals surface area contributed by atoms with Crippen LogP contribution in [0.15, 0.2) is 0 Å². The van der Waals surface area contributed by atoms with Crippen molar-refractivity contribution >= 4 is 11.8 Å². The highest BCUT2D eigenvalue weighted by Gasteiger charge is 2.31. The van der Waals surface area contributed by atoms with Gasteiger partial charge in [0.2, 0.25) is 0 Å². The summed E-state index contributed by atoms with van der Waals surface area (Å²) in [5.41, 5.74) is 0.371. The Balaban J connectivity index is 2.42. The van der Waals surface area contributed by atoms with Gasteiger partial charge in [-0.05, 0) is 18.1 Å². The third-order valence-corrected chi connectivity index (χ3v) is 4.35. The van der Waals surface area contributed by atoms with Gasteiger partial charge in [0.25, 0.3) is 0 Å². The van der Waals surface area contributed by atoms with Crippen LogP contribution >= 0.6 is 11.8 Å². The van der Waals surface area contributed by atoms with E-state index in [-0.39, 0.29) is 0 Å². The molecule has 3 heteroatoms. The highest BCUT2D eigenvalue weighted by atomic mass is 32.2. The Bertz CT molecular complexity index is 201. The zero-order valence-corrected chi connectivity index (χ0v) is 12.4. The summed E-state index contributed by atoms with van der Waals surface area (Å²) < 4.78 is 0. The molecule has 16 heavy (non-hydrogen) atoms. The van der Waals surface area contributed by atoms with E-state index < -0.39 is 0 Å². The summed E-state index contributed by atoms with van der Waals surface area (Å²) in [7, 11) is 0. The van der Waals surface area contributed by atoms with Crippen LogP contribution in [0.25, 0.3) is 0 Å². The molecule has 0 saturated carbocycles. The maximum atomic E-state index is 3.68. The van der Waals surface area contributed by atoms with Crippen LogP contribution in [-0.4, -0.2) is 48.1 Å². The van der Waals surface area contributed by atoms with E-state index >= 15 is 0 Å². The second-order valence-electron chi connectivity index (χ2n) is 5.87. The fourth-order valence-corrected chi connectivity index (χ4v) is 2.79. The fourth-order valence-electron chi connectivity index (χ4n) is 2.14. The van der Waals surface area contributed by atoms with Gasteiger partial charge >= 0.3 is 0 Å². The van der Waals surface area contributed by atoms with Gasteiger partial charge in [-0.25, -0.2) is 0 Å². The summed E-state index contributed by atoms with van der Waals surface area (Å²) in [5.74, 6) is 2.51. The molecule has 1 saturated heterocycles. The van der Waals surface area contributed by atoms with Crippen molar-refractivity contribution in [3.05, 3.63) is 0 Å². The minimum atomic E-state index is 0.371. The summed E-state index contributed by atoms with van der Waals surface area (Å²) in [5, 5.41) is 3.68. The smallest absolute Gasteiger partial charge is 0.0244 e. The average molecular weight is 244 g/mol. The largest absolute Gasteiger partial charge is 0.311 e. The van der Waals surface area contributed by atoms with Crippen LogP contribution in [0.5, 0.6) is 0 Å². The lowest BCUT2D eigenvalue weighted by Crippen LogP contribution is -2.59. The zero-order valence-electron chi connectivity index (χ0n) is 11.5. The molecule has 0 amide bonds. The van der Waals surface area contributed by atoms with Crippen molar-refractivity contribution in [3.8, 4) is 0 Å². The Labute approximate surface area is 106 Å². The van der Waals surface area contributed by atoms with Gasteiger partial charge in [0, 0.05) is 37.5 Å². The summed E-state index contributed by atoms with van der Waals surface area (Å²) in [6, 6.07) is 1.33. The van der Waals surface area contributed by atoms with Crippen molar-refractivity contribution in [2.75, 3.05) is 31.1 Å². The molecule has 1 heterocycles. The number of piperazine rings is 1. The van der Waals surface area contributed by atoms with Crippen molar-refractivity contribution in [2.45, 2.75) is 46.7 Å². The first-order chi connectivity index (χ1) is 7.45. The van der Waals surface area contributed by atoms with E-state index in [4.69, 9.17) is 0 Å². The van der Waals surface area contributed by atoms with Crippen LogP contribution in [0.1, 0.15) is 34.6 Å². The zero-order chi connectivity index (χ0) is 12.2. The number of nitrogens with one attached hydrogen (secondary N) is 1. The Kier molecular flexibility index (Phi) is 5.62. The molecule has 0 spiro atoms. The molecule has 2 atom stereocenters. The first-order valence-electron chi connectivity index (χ1n) is 6.50. The Morgan fingerprint density at radius 1 is 1.38 bits per heavy atom. The normalized spacial score (nSPS) is 28.3. The Morgan fingerprint density at radius 2 is 2.06 bits per heavy atom. The minimum absolute atomic E-state index is 0.371. The molecule has 0 aromatic heterocycles. The van der Waals surface area contributed by atoms with Gasteiger partial charge in [0.1, 0.15) is 0 Å². The van der Waals surface area contributed by atoms with E-state index in [0.29, 0.717) is 17.5 Å². The lowest BCUT2D eigenvalue weighted by molar-refractivity contribution is 0.0996. The quantitative estimate of drug-likeness (QED) is 0.765. The van der Waals surface area contributed by atoms with Gasteiger partial charge in [0.05, 0.1) is 0 Å². The molecule has 96 valence electrons. The molecule has 1 fully saturated rings. The molecule has 0 radical (unpaired) electrons. The summed E-state index contributed by atoms with van der Waals surface area (Å²) in [6.45, 7) is 15.2. The number of thioether (sulfide) groups is 1. The molecule has 2 nitrogen and oxygen atoms in total. The van der Waals surface area contributed by atoms with E-state index in [0.717, 1.165) is 6.54 Å². The van der Waals surface area contributed by atoms with Gasteiger partial charge in [-0.2, -0.15) is 11.8 Å². The SMILES string of the molecule is CCSCCN1CC(C(C)(C)C)NCC1C. The van der Waals surface area contributed by atoms with Crippen LogP contribution in [0, 0.1) is 5.41 Å². The molecular weight excluding hydrogens is 216 g/mol. The second kappa shape index (κ2) is 6.27. The van der Waals surface area contributed by atoms with Gasteiger partial charge in [-0.1, -0.05) is 27.7 Å². The predicted molar refractivity (Wildman–Crippen MR) is 75.3 cm³/mol. The number of nitrogens with zero attached hydrogens (tertiary/aromatic N) is 1. The number of hydrogen-bond acceptors (Lipinski definition) is 3. The van der Waals surface area contributed by atoms with Gasteiger partial charge in [0.15, 0.2) is 0 Å². The fraction of sp³-hybridized carbons (Fsp3) is 1.00. The standard InChI is InChI=1S/C13H28N2S/c1-6-16-8-7-15-10-12(13(3,4)5)14-9-11(15)2/h11-12,14H,6-10H2,1-5H3. The van der Waals surface area contributed by atoms with Crippen LogP contribution in [0.4, 0.5) is 0 Å². The van der Waals surface area contributed by atoms with Crippen molar-refractivity contribution < 1.29 is 0 Å². The number of rotatable bonds is 4. The lowest BCUT2D eigenvalue weighted by Gasteiger charge is -2.44. The van der Waals surface area contributed by atoms with Crippen LogP contribution in [0.3, 0.4) is 0 Å². The van der Waals surface area contributed by atoms with Gasteiger partial charge in [-0.15, -0.1) is 0 Å². The minimum Gasteiger partial charge on any atom is -0.311 e. The van der Waals surface area contributed by atoms with E-state index in [1.165, 1.54) is 24.6 Å². The van der Waals surface area contributed by atoms with Gasteiger partial charge in [-0.3, -0.25) is 4.90 Å². The molecule has 1 rings (SSSR count). The molecule has 0 bridgehead atoms. The van der Waals surface area contributed by atoms with Crippen LogP contribution in [-0.2, 0) is 0 Å². The van der Waals surface area contributed by atoms with Crippen molar-refractivity contribution in [2.24, 2.45) is 5.41 Å². The maximum Gasteiger partial charge on any atom is 0.0244 e. The van der Waals surface area contributed by atoms with Crippen molar-refractivity contribution in [3.63, 3.8) is 0 Å². The Morgan fingerprint density at radius 3 is 2.62 bits per heavy atom. The van der Waals surface area contributed by atoms with E-state index in [1.807, 2.05) is 0 Å². The molecule has 1 aliphatic heterocycles. The molecule has 1 aliphatic rings. The average Bonchev–Trinajstić information content (AvgIpc) is 2.19. The highest BCUT2D eigenvalue weighted by Crippen LogP contribution is 2.23. The van der Waals surface area contributed by atoms with E-state index in [2.05, 4.69) is 56.6 Å². The molecule has 0 aliphatic carbocycles. The maximum absolute atomic E-state index is 3.68. The number of hydrogen-bond donors (Lipinski definition) is 1. The topological polar surface area (TPSA) is 15.3 Å². The Hall–Kier alpha value is 0.270. The molecule has 1 N–H and O–H groups in total. The molecule has 0 aromatic rings. The third-order valence-electron chi connectivity index (χ3n) is 3.47. The monoisotopic (exact) mass is 244 g/mol. The van der Waals surface area contributed by atoms with Crippen molar-refractivity contribution in [1.29, 1.82) is 0 Å². The van der Waals surface area contributed by atoms with Gasteiger partial charge < -0.3 is 5.32 Å². The van der Waals surface area contributed by atoms with E-state index in [1.54, 1.807) is 0 Å². The molecular formula is C13H28N2S. The summed E-state index contributed by atoms with van der Waals surface area (Å²) in [4.78, 5) is 2.65.